The first-order chi connectivity index (χ1) is 7.69. The lowest BCUT2D eigenvalue weighted by Gasteiger charge is -1.96. The van der Waals surface area contributed by atoms with Crippen LogP contribution in [-0.4, -0.2) is 17.0 Å². The molecule has 4 nitrogen and oxygen atoms in total. The number of hydrogen-bond donors (Lipinski definition) is 1. The van der Waals surface area contributed by atoms with Gasteiger partial charge in [0.15, 0.2) is 6.29 Å². The van der Waals surface area contributed by atoms with Gasteiger partial charge in [-0.05, 0) is 12.1 Å². The van der Waals surface area contributed by atoms with Gasteiger partial charge in [0.05, 0.1) is 10.5 Å². The third kappa shape index (κ3) is 3.11. The van der Waals surface area contributed by atoms with E-state index in [2.05, 4.69) is 24.5 Å². The third-order valence-corrected chi connectivity index (χ3v) is 2.04. The van der Waals surface area contributed by atoms with Gasteiger partial charge in [0.25, 0.3) is 5.69 Å². The number of nitro groups is 1. The molecule has 0 heterocycles. The molecule has 0 aliphatic heterocycles. The van der Waals surface area contributed by atoms with E-state index >= 15 is 0 Å². The van der Waals surface area contributed by atoms with Crippen molar-refractivity contribution in [2.75, 3.05) is 5.75 Å². The Morgan fingerprint density at radius 2 is 2.25 bits per heavy atom. The van der Waals surface area contributed by atoms with Crippen molar-refractivity contribution in [1.82, 2.24) is 0 Å². The van der Waals surface area contributed by atoms with E-state index in [1.165, 1.54) is 18.2 Å². The summed E-state index contributed by atoms with van der Waals surface area (Å²) < 4.78 is 0. The van der Waals surface area contributed by atoms with Gasteiger partial charge in [0.1, 0.15) is 0 Å². The number of aldehydes is 1. The highest BCUT2D eigenvalue weighted by Crippen LogP contribution is 2.17. The Labute approximate surface area is 98.2 Å². The Bertz CT molecular complexity index is 474. The topological polar surface area (TPSA) is 60.2 Å². The van der Waals surface area contributed by atoms with Crippen LogP contribution in [0.25, 0.3) is 0 Å². The molecule has 0 unspecified atom stereocenters. The van der Waals surface area contributed by atoms with Gasteiger partial charge in [-0.1, -0.05) is 11.8 Å². The fraction of sp³-hybridized carbons (Fsp3) is 0.182. The first-order valence-electron chi connectivity index (χ1n) is 4.52. The molecule has 0 atom stereocenters. The Hall–Kier alpha value is -1.80. The maximum absolute atomic E-state index is 10.6. The highest BCUT2D eigenvalue weighted by molar-refractivity contribution is 7.80. The van der Waals surface area contributed by atoms with Crippen LogP contribution in [0.4, 0.5) is 5.69 Å². The van der Waals surface area contributed by atoms with Crippen molar-refractivity contribution in [3.8, 4) is 11.8 Å². The molecule has 1 rings (SSSR count). The minimum Gasteiger partial charge on any atom is -0.298 e. The molecule has 82 valence electrons. The van der Waals surface area contributed by atoms with E-state index in [-0.39, 0.29) is 11.3 Å². The molecule has 0 radical (unpaired) electrons. The lowest BCUT2D eigenvalue weighted by molar-refractivity contribution is -0.385. The van der Waals surface area contributed by atoms with Crippen molar-refractivity contribution in [3.63, 3.8) is 0 Å². The average molecular weight is 235 g/mol. The normalized spacial score (nSPS) is 9.06. The second-order valence-electron chi connectivity index (χ2n) is 2.92. The van der Waals surface area contributed by atoms with Gasteiger partial charge in [-0.15, -0.1) is 0 Å². The zero-order valence-electron chi connectivity index (χ0n) is 8.34. The van der Waals surface area contributed by atoms with Crippen LogP contribution in [0.15, 0.2) is 18.2 Å². The third-order valence-electron chi connectivity index (χ3n) is 1.82. The van der Waals surface area contributed by atoms with Crippen molar-refractivity contribution in [1.29, 1.82) is 0 Å². The standard InChI is InChI=1S/C11H9NO3S/c13-8-10-7-9(3-1-2-6-16)4-5-11(10)12(14)15/h4-5,7-8,16H,2,6H2. The van der Waals surface area contributed by atoms with Gasteiger partial charge in [-0.25, -0.2) is 0 Å². The monoisotopic (exact) mass is 235 g/mol. The van der Waals surface area contributed by atoms with E-state index in [9.17, 15) is 14.9 Å². The molecule has 0 aliphatic rings. The highest BCUT2D eigenvalue weighted by atomic mass is 32.1. The van der Waals surface area contributed by atoms with Crippen molar-refractivity contribution in [2.45, 2.75) is 6.42 Å². The molecule has 0 saturated heterocycles. The van der Waals surface area contributed by atoms with E-state index in [4.69, 9.17) is 0 Å². The van der Waals surface area contributed by atoms with Crippen LogP contribution in [0.3, 0.4) is 0 Å². The number of benzene rings is 1. The Morgan fingerprint density at radius 1 is 1.50 bits per heavy atom. The number of hydrogen-bond acceptors (Lipinski definition) is 4. The van der Waals surface area contributed by atoms with Gasteiger partial charge < -0.3 is 0 Å². The van der Waals surface area contributed by atoms with Gasteiger partial charge in [-0.2, -0.15) is 12.6 Å². The lowest BCUT2D eigenvalue weighted by Crippen LogP contribution is -1.94. The highest BCUT2D eigenvalue weighted by Gasteiger charge is 2.12. The number of rotatable bonds is 3. The largest absolute Gasteiger partial charge is 0.298 e. The van der Waals surface area contributed by atoms with Gasteiger partial charge in [-0.3, -0.25) is 14.9 Å². The molecule has 0 aromatic heterocycles. The summed E-state index contributed by atoms with van der Waals surface area (Å²) in [6, 6.07) is 4.22. The summed E-state index contributed by atoms with van der Waals surface area (Å²) in [6.45, 7) is 0. The summed E-state index contributed by atoms with van der Waals surface area (Å²) in [4.78, 5) is 20.6. The summed E-state index contributed by atoms with van der Waals surface area (Å²) in [6.07, 6.45) is 1.10. The first kappa shape index (κ1) is 12.3. The van der Waals surface area contributed by atoms with Crippen LogP contribution in [0, 0.1) is 22.0 Å². The summed E-state index contributed by atoms with van der Waals surface area (Å²) >= 11 is 4.00. The molecule has 0 bridgehead atoms. The molecular formula is C11H9NO3S. The van der Waals surface area contributed by atoms with E-state index in [1.54, 1.807) is 0 Å². The summed E-state index contributed by atoms with van der Waals surface area (Å²) in [5.41, 5.74) is 0.437. The zero-order chi connectivity index (χ0) is 12.0. The second-order valence-corrected chi connectivity index (χ2v) is 3.37. The van der Waals surface area contributed by atoms with E-state index in [0.29, 0.717) is 24.0 Å². The predicted octanol–water partition coefficient (Wildman–Crippen LogP) is 2.08. The number of carbonyl (C=O) groups excluding carboxylic acids is 1. The van der Waals surface area contributed by atoms with E-state index in [1.807, 2.05) is 0 Å². The van der Waals surface area contributed by atoms with Crippen LogP contribution in [-0.2, 0) is 0 Å². The molecule has 0 N–H and O–H groups in total. The Morgan fingerprint density at radius 3 is 2.81 bits per heavy atom. The van der Waals surface area contributed by atoms with Crippen molar-refractivity contribution < 1.29 is 9.72 Å². The molecular weight excluding hydrogens is 226 g/mol. The van der Waals surface area contributed by atoms with Crippen molar-refractivity contribution in [3.05, 3.63) is 39.4 Å². The van der Waals surface area contributed by atoms with Gasteiger partial charge in [0.2, 0.25) is 0 Å². The fourth-order valence-corrected chi connectivity index (χ4v) is 1.23. The van der Waals surface area contributed by atoms with Crippen LogP contribution in [0.5, 0.6) is 0 Å². The minimum atomic E-state index is -0.589. The van der Waals surface area contributed by atoms with Gasteiger partial charge in [0, 0.05) is 23.8 Å². The molecule has 1 aromatic rings. The number of thiol groups is 1. The van der Waals surface area contributed by atoms with E-state index in [0.717, 1.165) is 0 Å². The Balaban J connectivity index is 3.06. The van der Waals surface area contributed by atoms with Crippen molar-refractivity contribution in [2.24, 2.45) is 0 Å². The predicted molar refractivity (Wildman–Crippen MR) is 63.8 cm³/mol. The summed E-state index contributed by atoms with van der Waals surface area (Å²) in [5, 5.41) is 10.6. The minimum absolute atomic E-state index is 0.0441. The molecule has 1 aromatic carbocycles. The molecule has 5 heteroatoms. The Kier molecular flexibility index (Phi) is 4.55. The number of nitro benzene ring substituents is 1. The van der Waals surface area contributed by atoms with Gasteiger partial charge >= 0.3 is 0 Å². The SMILES string of the molecule is O=Cc1cc(C#CCCS)ccc1[N+](=O)[O-]. The first-order valence-corrected chi connectivity index (χ1v) is 5.15. The maximum atomic E-state index is 10.6. The molecule has 16 heavy (non-hydrogen) atoms. The van der Waals surface area contributed by atoms with Crippen LogP contribution < -0.4 is 0 Å². The quantitative estimate of drug-likeness (QED) is 0.287. The number of carbonyl (C=O) groups is 1. The van der Waals surface area contributed by atoms with Crippen LogP contribution in [0.2, 0.25) is 0 Å². The molecule has 0 fully saturated rings. The molecule has 0 amide bonds. The molecule has 0 spiro atoms. The summed E-state index contributed by atoms with van der Waals surface area (Å²) in [5.74, 6) is 6.30. The average Bonchev–Trinajstić information content (AvgIpc) is 2.29. The second kappa shape index (κ2) is 5.93. The maximum Gasteiger partial charge on any atom is 0.279 e. The molecule has 0 saturated carbocycles. The number of nitrogens with zero attached hydrogens (tertiary/aromatic N) is 1. The lowest BCUT2D eigenvalue weighted by atomic mass is 10.1. The summed E-state index contributed by atoms with van der Waals surface area (Å²) in [7, 11) is 0. The fourth-order valence-electron chi connectivity index (χ4n) is 1.11. The van der Waals surface area contributed by atoms with Crippen molar-refractivity contribution >= 4 is 24.6 Å². The molecule has 0 aliphatic carbocycles. The van der Waals surface area contributed by atoms with E-state index < -0.39 is 4.92 Å². The smallest absolute Gasteiger partial charge is 0.279 e. The van der Waals surface area contributed by atoms with Crippen LogP contribution in [0.1, 0.15) is 22.3 Å². The van der Waals surface area contributed by atoms with Crippen LogP contribution >= 0.6 is 12.6 Å². The zero-order valence-corrected chi connectivity index (χ0v) is 9.24.